The number of anilines is 2. The molecule has 0 amide bonds. The Kier molecular flexibility index (Phi) is 4.76. The van der Waals surface area contributed by atoms with Crippen molar-refractivity contribution < 1.29 is 13.9 Å². The standard InChI is InChI=1S/C14H17FN4O2/c1-16-14-18-8-11(15)13(19-14)17-7-9-4-5-10(20-2)6-12(9)21-3/h4-6,8H,7H2,1-3H3,(H2,16,17,18,19). The molecule has 0 unspecified atom stereocenters. The third-order valence-corrected chi connectivity index (χ3v) is 2.91. The van der Waals surface area contributed by atoms with E-state index < -0.39 is 5.82 Å². The smallest absolute Gasteiger partial charge is 0.224 e. The number of ether oxygens (including phenoxy) is 2. The minimum absolute atomic E-state index is 0.132. The molecule has 1 heterocycles. The Morgan fingerprint density at radius 1 is 1.24 bits per heavy atom. The molecule has 112 valence electrons. The molecular weight excluding hydrogens is 275 g/mol. The Hall–Kier alpha value is -2.57. The van der Waals surface area contributed by atoms with Crippen LogP contribution in [0.25, 0.3) is 0 Å². The van der Waals surface area contributed by atoms with Crippen molar-refractivity contribution >= 4 is 11.8 Å². The van der Waals surface area contributed by atoms with E-state index >= 15 is 0 Å². The van der Waals surface area contributed by atoms with Gasteiger partial charge in [-0.3, -0.25) is 0 Å². The first kappa shape index (κ1) is 14.8. The van der Waals surface area contributed by atoms with Crippen LogP contribution in [0.3, 0.4) is 0 Å². The second kappa shape index (κ2) is 6.74. The van der Waals surface area contributed by atoms with Crippen molar-refractivity contribution in [2.24, 2.45) is 0 Å². The van der Waals surface area contributed by atoms with Gasteiger partial charge in [0.05, 0.1) is 20.4 Å². The van der Waals surface area contributed by atoms with Gasteiger partial charge in [0.25, 0.3) is 0 Å². The second-order valence-electron chi connectivity index (χ2n) is 4.17. The van der Waals surface area contributed by atoms with Crippen LogP contribution in [0.5, 0.6) is 11.5 Å². The summed E-state index contributed by atoms with van der Waals surface area (Å²) in [6.07, 6.45) is 1.12. The largest absolute Gasteiger partial charge is 0.497 e. The highest BCUT2D eigenvalue weighted by molar-refractivity contribution is 5.45. The molecule has 0 saturated heterocycles. The van der Waals surface area contributed by atoms with Crippen LogP contribution in [0.1, 0.15) is 5.56 Å². The molecule has 2 aromatic rings. The molecule has 2 rings (SSSR count). The zero-order valence-corrected chi connectivity index (χ0v) is 12.1. The summed E-state index contributed by atoms with van der Waals surface area (Å²) in [6.45, 7) is 0.365. The van der Waals surface area contributed by atoms with E-state index in [-0.39, 0.29) is 5.82 Å². The van der Waals surface area contributed by atoms with Gasteiger partial charge >= 0.3 is 0 Å². The molecular formula is C14H17FN4O2. The molecule has 0 aliphatic rings. The van der Waals surface area contributed by atoms with Crippen LogP contribution in [0, 0.1) is 5.82 Å². The first-order chi connectivity index (χ1) is 10.2. The van der Waals surface area contributed by atoms with E-state index in [1.165, 1.54) is 0 Å². The SMILES string of the molecule is CNc1ncc(F)c(NCc2ccc(OC)cc2OC)n1. The molecule has 0 aliphatic heterocycles. The number of rotatable bonds is 6. The molecule has 0 bridgehead atoms. The Morgan fingerprint density at radius 2 is 2.05 bits per heavy atom. The maximum atomic E-state index is 13.6. The molecule has 21 heavy (non-hydrogen) atoms. The summed E-state index contributed by atoms with van der Waals surface area (Å²) in [6, 6.07) is 5.43. The fourth-order valence-corrected chi connectivity index (χ4v) is 1.79. The van der Waals surface area contributed by atoms with Crippen LogP contribution >= 0.6 is 0 Å². The van der Waals surface area contributed by atoms with Gasteiger partial charge in [-0.05, 0) is 12.1 Å². The van der Waals surface area contributed by atoms with Gasteiger partial charge in [-0.1, -0.05) is 0 Å². The Bertz CT molecular complexity index is 622. The summed E-state index contributed by atoms with van der Waals surface area (Å²) < 4.78 is 24.1. The number of benzene rings is 1. The van der Waals surface area contributed by atoms with E-state index in [1.54, 1.807) is 27.3 Å². The highest BCUT2D eigenvalue weighted by atomic mass is 19.1. The van der Waals surface area contributed by atoms with Crippen LogP contribution in [-0.2, 0) is 6.54 Å². The second-order valence-corrected chi connectivity index (χ2v) is 4.17. The Balaban J connectivity index is 2.16. The summed E-state index contributed by atoms with van der Waals surface area (Å²) in [4.78, 5) is 7.81. The van der Waals surface area contributed by atoms with Crippen LogP contribution in [0.4, 0.5) is 16.2 Å². The zero-order chi connectivity index (χ0) is 15.2. The van der Waals surface area contributed by atoms with Crippen LogP contribution < -0.4 is 20.1 Å². The fourth-order valence-electron chi connectivity index (χ4n) is 1.79. The lowest BCUT2D eigenvalue weighted by atomic mass is 10.2. The molecule has 6 nitrogen and oxygen atoms in total. The predicted molar refractivity (Wildman–Crippen MR) is 78.4 cm³/mol. The quantitative estimate of drug-likeness (QED) is 0.851. The number of halogens is 1. The van der Waals surface area contributed by atoms with E-state index in [9.17, 15) is 4.39 Å². The molecule has 0 saturated carbocycles. The third-order valence-electron chi connectivity index (χ3n) is 2.91. The number of aromatic nitrogens is 2. The van der Waals surface area contributed by atoms with Crippen molar-refractivity contribution in [3.63, 3.8) is 0 Å². The lowest BCUT2D eigenvalue weighted by molar-refractivity contribution is 0.391. The molecule has 0 fully saturated rings. The lowest BCUT2D eigenvalue weighted by Gasteiger charge is -2.12. The van der Waals surface area contributed by atoms with Gasteiger partial charge in [-0.25, -0.2) is 9.37 Å². The average Bonchev–Trinajstić information content (AvgIpc) is 2.54. The summed E-state index contributed by atoms with van der Waals surface area (Å²) in [5.41, 5.74) is 0.863. The van der Waals surface area contributed by atoms with Gasteiger partial charge in [0.1, 0.15) is 11.5 Å². The molecule has 0 spiro atoms. The summed E-state index contributed by atoms with van der Waals surface area (Å²) >= 11 is 0. The Morgan fingerprint density at radius 3 is 2.71 bits per heavy atom. The van der Waals surface area contributed by atoms with E-state index in [0.29, 0.717) is 24.0 Å². The van der Waals surface area contributed by atoms with Gasteiger partial charge < -0.3 is 20.1 Å². The minimum Gasteiger partial charge on any atom is -0.497 e. The van der Waals surface area contributed by atoms with Gasteiger partial charge in [0.2, 0.25) is 5.95 Å². The lowest BCUT2D eigenvalue weighted by Crippen LogP contribution is -2.07. The highest BCUT2D eigenvalue weighted by Gasteiger charge is 2.09. The maximum Gasteiger partial charge on any atom is 0.224 e. The molecule has 0 aliphatic carbocycles. The molecule has 0 radical (unpaired) electrons. The predicted octanol–water partition coefficient (Wildman–Crippen LogP) is 2.29. The van der Waals surface area contributed by atoms with E-state index in [2.05, 4.69) is 20.6 Å². The molecule has 1 aromatic heterocycles. The maximum absolute atomic E-state index is 13.6. The van der Waals surface area contributed by atoms with Crippen LogP contribution in [0.15, 0.2) is 24.4 Å². The van der Waals surface area contributed by atoms with Crippen molar-refractivity contribution in [1.29, 1.82) is 0 Å². The van der Waals surface area contributed by atoms with Crippen molar-refractivity contribution in [2.45, 2.75) is 6.54 Å². The van der Waals surface area contributed by atoms with Gasteiger partial charge in [0, 0.05) is 25.2 Å². The summed E-state index contributed by atoms with van der Waals surface area (Å²) in [5, 5.41) is 5.69. The fraction of sp³-hybridized carbons (Fsp3) is 0.286. The van der Waals surface area contributed by atoms with Gasteiger partial charge in [-0.2, -0.15) is 4.98 Å². The number of nitrogens with one attached hydrogen (secondary N) is 2. The van der Waals surface area contributed by atoms with Gasteiger partial charge in [0.15, 0.2) is 11.6 Å². The van der Waals surface area contributed by atoms with Crippen molar-refractivity contribution in [3.8, 4) is 11.5 Å². The van der Waals surface area contributed by atoms with Crippen LogP contribution in [0.2, 0.25) is 0 Å². The normalized spacial score (nSPS) is 10.1. The van der Waals surface area contributed by atoms with E-state index in [4.69, 9.17) is 9.47 Å². The first-order valence-corrected chi connectivity index (χ1v) is 6.33. The average molecular weight is 292 g/mol. The number of hydrogen-bond acceptors (Lipinski definition) is 6. The first-order valence-electron chi connectivity index (χ1n) is 6.33. The van der Waals surface area contributed by atoms with E-state index in [1.807, 2.05) is 12.1 Å². The Labute approximate surface area is 122 Å². The monoisotopic (exact) mass is 292 g/mol. The zero-order valence-electron chi connectivity index (χ0n) is 12.1. The molecule has 0 atom stereocenters. The van der Waals surface area contributed by atoms with Crippen molar-refractivity contribution in [1.82, 2.24) is 9.97 Å². The minimum atomic E-state index is -0.513. The number of methoxy groups -OCH3 is 2. The highest BCUT2D eigenvalue weighted by Crippen LogP contribution is 2.25. The topological polar surface area (TPSA) is 68.3 Å². The molecule has 2 N–H and O–H groups in total. The van der Waals surface area contributed by atoms with Crippen molar-refractivity contribution in [2.75, 3.05) is 31.9 Å². The summed E-state index contributed by atoms with van der Waals surface area (Å²) in [7, 11) is 4.83. The number of hydrogen-bond donors (Lipinski definition) is 2. The van der Waals surface area contributed by atoms with E-state index in [0.717, 1.165) is 11.8 Å². The summed E-state index contributed by atoms with van der Waals surface area (Å²) in [5.74, 6) is 1.32. The van der Waals surface area contributed by atoms with Gasteiger partial charge in [-0.15, -0.1) is 0 Å². The number of nitrogens with zero attached hydrogens (tertiary/aromatic N) is 2. The molecule has 1 aromatic carbocycles. The van der Waals surface area contributed by atoms with Crippen molar-refractivity contribution in [3.05, 3.63) is 35.8 Å². The third kappa shape index (κ3) is 3.50. The molecule has 7 heteroatoms. The van der Waals surface area contributed by atoms with Crippen LogP contribution in [-0.4, -0.2) is 31.2 Å².